The van der Waals surface area contributed by atoms with Crippen LogP contribution in [0.2, 0.25) is 0 Å². The average Bonchev–Trinajstić information content (AvgIpc) is 2.73. The van der Waals surface area contributed by atoms with Gasteiger partial charge in [0.1, 0.15) is 0 Å². The molecule has 158 valence electrons. The summed E-state index contributed by atoms with van der Waals surface area (Å²) in [7, 11) is 0. The minimum absolute atomic E-state index is 0.242. The first-order chi connectivity index (χ1) is 12.9. The Morgan fingerprint density at radius 2 is 1.63 bits per heavy atom. The zero-order chi connectivity index (χ0) is 19.4. The molecule has 1 heterocycles. The van der Waals surface area contributed by atoms with Gasteiger partial charge in [0.2, 0.25) is 0 Å². The molecule has 2 nitrogen and oxygen atoms in total. The van der Waals surface area contributed by atoms with Crippen molar-refractivity contribution in [2.75, 3.05) is 6.54 Å². The van der Waals surface area contributed by atoms with Gasteiger partial charge in [-0.3, -0.25) is 0 Å². The van der Waals surface area contributed by atoms with Gasteiger partial charge in [-0.15, -0.1) is 0 Å². The second-order valence-electron chi connectivity index (χ2n) is 11.5. The van der Waals surface area contributed by atoms with Crippen molar-refractivity contribution < 1.29 is 5.11 Å². The molecule has 0 aromatic carbocycles. The summed E-state index contributed by atoms with van der Waals surface area (Å²) in [4.78, 5) is 0. The largest absolute Gasteiger partial charge is 0.390 e. The average molecular weight is 378 g/mol. The highest BCUT2D eigenvalue weighted by molar-refractivity contribution is 4.99. The SMILES string of the molecule is CCCC12CCCCCNC(C1)C1CCCCCCC(O)(C1)CC(C)(C)C2. The molecule has 0 radical (unpaired) electrons. The van der Waals surface area contributed by atoms with Crippen LogP contribution in [-0.4, -0.2) is 23.3 Å². The van der Waals surface area contributed by atoms with Crippen LogP contribution in [0, 0.1) is 16.7 Å². The Bertz CT molecular complexity index is 461. The van der Waals surface area contributed by atoms with Gasteiger partial charge in [0.25, 0.3) is 0 Å². The number of hydrogen-bond donors (Lipinski definition) is 2. The van der Waals surface area contributed by atoms with E-state index in [2.05, 4.69) is 26.1 Å². The predicted octanol–water partition coefficient (Wildman–Crippen LogP) is 6.61. The summed E-state index contributed by atoms with van der Waals surface area (Å²) < 4.78 is 0. The van der Waals surface area contributed by atoms with Crippen molar-refractivity contribution in [2.24, 2.45) is 16.7 Å². The van der Waals surface area contributed by atoms with Crippen LogP contribution in [0.3, 0.4) is 0 Å². The summed E-state index contributed by atoms with van der Waals surface area (Å²) in [6.45, 7) is 8.50. The molecule has 1 saturated heterocycles. The topological polar surface area (TPSA) is 32.3 Å². The Balaban J connectivity index is 1.98. The lowest BCUT2D eigenvalue weighted by Crippen LogP contribution is -2.43. The highest BCUT2D eigenvalue weighted by Gasteiger charge is 2.46. The van der Waals surface area contributed by atoms with E-state index in [1.807, 2.05) is 0 Å². The molecule has 2 N–H and O–H groups in total. The zero-order valence-corrected chi connectivity index (χ0v) is 18.6. The molecule has 3 fully saturated rings. The van der Waals surface area contributed by atoms with E-state index in [4.69, 9.17) is 0 Å². The Hall–Kier alpha value is -0.0800. The van der Waals surface area contributed by atoms with Gasteiger partial charge in [0.15, 0.2) is 0 Å². The van der Waals surface area contributed by atoms with Gasteiger partial charge in [-0.25, -0.2) is 0 Å². The maximum atomic E-state index is 11.8. The molecule has 3 rings (SSSR count). The molecule has 4 unspecified atom stereocenters. The molecule has 0 amide bonds. The molecule has 0 aromatic heterocycles. The highest BCUT2D eigenvalue weighted by Crippen LogP contribution is 2.52. The molecule has 2 saturated carbocycles. The van der Waals surface area contributed by atoms with Crippen molar-refractivity contribution in [2.45, 2.75) is 135 Å². The first-order valence-electron chi connectivity index (χ1n) is 12.3. The van der Waals surface area contributed by atoms with E-state index in [0.29, 0.717) is 17.4 Å². The molecule has 4 atom stereocenters. The molecule has 3 aliphatic rings. The lowest BCUT2D eigenvalue weighted by Gasteiger charge is -2.43. The van der Waals surface area contributed by atoms with Gasteiger partial charge in [0, 0.05) is 6.04 Å². The van der Waals surface area contributed by atoms with E-state index in [9.17, 15) is 5.11 Å². The van der Waals surface area contributed by atoms with Crippen LogP contribution in [0.25, 0.3) is 0 Å². The van der Waals surface area contributed by atoms with Crippen LogP contribution in [0.15, 0.2) is 0 Å². The molecule has 1 aliphatic heterocycles. The van der Waals surface area contributed by atoms with Crippen LogP contribution in [0.4, 0.5) is 0 Å². The van der Waals surface area contributed by atoms with Crippen molar-refractivity contribution in [3.8, 4) is 0 Å². The van der Waals surface area contributed by atoms with Crippen molar-refractivity contribution in [1.29, 1.82) is 0 Å². The summed E-state index contributed by atoms with van der Waals surface area (Å²) >= 11 is 0. The van der Waals surface area contributed by atoms with E-state index in [0.717, 1.165) is 19.3 Å². The van der Waals surface area contributed by atoms with Gasteiger partial charge in [0.05, 0.1) is 5.60 Å². The number of hydrogen-bond acceptors (Lipinski definition) is 2. The monoisotopic (exact) mass is 377 g/mol. The Morgan fingerprint density at radius 1 is 0.889 bits per heavy atom. The van der Waals surface area contributed by atoms with Crippen LogP contribution < -0.4 is 5.32 Å². The van der Waals surface area contributed by atoms with E-state index in [-0.39, 0.29) is 5.41 Å². The number of aliphatic hydroxyl groups is 1. The van der Waals surface area contributed by atoms with Gasteiger partial charge in [-0.05, 0) is 81.1 Å². The first kappa shape index (κ1) is 21.6. The molecule has 2 heteroatoms. The molecule has 27 heavy (non-hydrogen) atoms. The fourth-order valence-corrected chi connectivity index (χ4v) is 7.45. The number of rotatable bonds is 2. The van der Waals surface area contributed by atoms with Crippen molar-refractivity contribution in [3.63, 3.8) is 0 Å². The maximum absolute atomic E-state index is 11.8. The lowest BCUT2D eigenvalue weighted by molar-refractivity contribution is -0.0365. The molecule has 0 spiro atoms. The van der Waals surface area contributed by atoms with Crippen LogP contribution >= 0.6 is 0 Å². The highest BCUT2D eigenvalue weighted by atomic mass is 16.3. The first-order valence-corrected chi connectivity index (χ1v) is 12.3. The fraction of sp³-hybridized carbons (Fsp3) is 1.00. The smallest absolute Gasteiger partial charge is 0.0656 e. The summed E-state index contributed by atoms with van der Waals surface area (Å²) in [5, 5.41) is 15.8. The van der Waals surface area contributed by atoms with Gasteiger partial charge in [-0.1, -0.05) is 65.7 Å². The Labute approximate surface area is 169 Å². The fourth-order valence-electron chi connectivity index (χ4n) is 7.45. The van der Waals surface area contributed by atoms with E-state index < -0.39 is 5.60 Å². The van der Waals surface area contributed by atoms with Crippen LogP contribution in [0.5, 0.6) is 0 Å². The maximum Gasteiger partial charge on any atom is 0.0656 e. The molecular formula is C25H47NO. The number of fused-ring (bicyclic) bond motifs is 5. The second-order valence-corrected chi connectivity index (χ2v) is 11.5. The summed E-state index contributed by atoms with van der Waals surface area (Å²) in [5.74, 6) is 0.663. The summed E-state index contributed by atoms with van der Waals surface area (Å²) in [6, 6.07) is 0.619. The predicted molar refractivity (Wildman–Crippen MR) is 116 cm³/mol. The standard InChI is InChI=1S/C25H47NO/c1-4-13-24-14-9-7-11-16-26-22(18-24)21-12-8-5-6-10-15-25(27,17-21)20-23(2,3)19-24/h21-22,26-27H,4-20H2,1-3H3. The normalized spacial score (nSPS) is 41.3. The lowest BCUT2D eigenvalue weighted by atomic mass is 9.63. The van der Waals surface area contributed by atoms with Crippen molar-refractivity contribution >= 4 is 0 Å². The minimum atomic E-state index is -0.440. The quantitative estimate of drug-likeness (QED) is 0.567. The van der Waals surface area contributed by atoms with Gasteiger partial charge in [-0.2, -0.15) is 0 Å². The summed E-state index contributed by atoms with van der Waals surface area (Å²) in [6.07, 6.45) is 20.5. The third-order valence-corrected chi connectivity index (χ3v) is 8.06. The zero-order valence-electron chi connectivity index (χ0n) is 18.6. The summed E-state index contributed by atoms with van der Waals surface area (Å²) in [5.41, 5.74) is 0.282. The van der Waals surface area contributed by atoms with E-state index >= 15 is 0 Å². The molecule has 2 aliphatic carbocycles. The Morgan fingerprint density at radius 3 is 2.44 bits per heavy atom. The van der Waals surface area contributed by atoms with Crippen molar-refractivity contribution in [1.82, 2.24) is 5.32 Å². The third-order valence-electron chi connectivity index (χ3n) is 8.06. The van der Waals surface area contributed by atoms with E-state index in [1.54, 1.807) is 0 Å². The van der Waals surface area contributed by atoms with E-state index in [1.165, 1.54) is 90.0 Å². The van der Waals surface area contributed by atoms with Crippen LogP contribution in [-0.2, 0) is 0 Å². The molecule has 4 bridgehead atoms. The molecule has 0 aromatic rings. The number of nitrogens with one attached hydrogen (secondary N) is 1. The van der Waals surface area contributed by atoms with Crippen LogP contribution in [0.1, 0.15) is 124 Å². The molecular weight excluding hydrogens is 330 g/mol. The third kappa shape index (κ3) is 5.95. The minimum Gasteiger partial charge on any atom is -0.390 e. The second kappa shape index (κ2) is 9.16. The van der Waals surface area contributed by atoms with Gasteiger partial charge >= 0.3 is 0 Å². The van der Waals surface area contributed by atoms with Gasteiger partial charge < -0.3 is 10.4 Å². The van der Waals surface area contributed by atoms with Crippen molar-refractivity contribution in [3.05, 3.63) is 0 Å². The Kier molecular flexibility index (Phi) is 7.34.